The molecule has 2 aliphatic rings. The van der Waals surface area contributed by atoms with E-state index in [1.54, 1.807) is 23.9 Å². The van der Waals surface area contributed by atoms with E-state index < -0.39 is 34.5 Å². The highest BCUT2D eigenvalue weighted by molar-refractivity contribution is 7.91. The number of hydrogen-bond donors (Lipinski definition) is 0. The molecule has 2 fully saturated rings. The molecule has 0 aromatic carbocycles. The second-order valence-corrected chi connectivity index (χ2v) is 8.53. The number of carbonyl (C=O) groups excluding carboxylic acids is 1. The first kappa shape index (κ1) is 18.5. The summed E-state index contributed by atoms with van der Waals surface area (Å²) in [5, 5.41) is 0. The van der Waals surface area contributed by atoms with E-state index in [9.17, 15) is 26.4 Å². The lowest BCUT2D eigenvalue weighted by Crippen LogP contribution is -2.60. The molecule has 0 bridgehead atoms. The van der Waals surface area contributed by atoms with Gasteiger partial charge in [0.1, 0.15) is 0 Å². The molecular formula is C13H22F3N3O3S. The molecular weight excluding hydrogens is 335 g/mol. The van der Waals surface area contributed by atoms with E-state index in [0.717, 1.165) is 0 Å². The van der Waals surface area contributed by atoms with Crippen LogP contribution in [0.25, 0.3) is 0 Å². The Bertz CT molecular complexity index is 550. The Morgan fingerprint density at radius 3 is 2.17 bits per heavy atom. The highest BCUT2D eigenvalue weighted by atomic mass is 32.2. The van der Waals surface area contributed by atoms with Gasteiger partial charge in [0.2, 0.25) is 5.91 Å². The fourth-order valence-electron chi connectivity index (χ4n) is 3.16. The van der Waals surface area contributed by atoms with Crippen molar-refractivity contribution in [2.45, 2.75) is 24.7 Å². The van der Waals surface area contributed by atoms with Crippen molar-refractivity contribution in [3.63, 3.8) is 0 Å². The van der Waals surface area contributed by atoms with Crippen LogP contribution >= 0.6 is 0 Å². The van der Waals surface area contributed by atoms with Gasteiger partial charge in [-0.1, -0.05) is 0 Å². The second-order valence-electron chi connectivity index (χ2n) is 6.37. The first-order chi connectivity index (χ1) is 10.5. The molecule has 2 saturated heterocycles. The zero-order chi connectivity index (χ0) is 17.4. The average molecular weight is 357 g/mol. The molecule has 2 aliphatic heterocycles. The first-order valence-corrected chi connectivity index (χ1v) is 9.26. The van der Waals surface area contributed by atoms with E-state index in [2.05, 4.69) is 0 Å². The molecule has 0 N–H and O–H groups in total. The maximum absolute atomic E-state index is 12.4. The van der Waals surface area contributed by atoms with Crippen LogP contribution in [-0.4, -0.2) is 99.1 Å². The SMILES string of the molecule is CN(C)C(=O)CN1CCN(CCC(F)(F)F)[C@H]2CS(=O)(=O)C[C@H]21. The number of rotatable bonds is 4. The predicted octanol–water partition coefficient (Wildman–Crippen LogP) is -0.190. The Morgan fingerprint density at radius 2 is 1.65 bits per heavy atom. The molecule has 0 radical (unpaired) electrons. The lowest BCUT2D eigenvalue weighted by molar-refractivity contribution is -0.141. The largest absolute Gasteiger partial charge is 0.390 e. The summed E-state index contributed by atoms with van der Waals surface area (Å²) < 4.78 is 61.2. The Labute approximate surface area is 134 Å². The van der Waals surface area contributed by atoms with Crippen LogP contribution in [0, 0.1) is 0 Å². The Kier molecular flexibility index (Phi) is 5.27. The molecule has 0 spiro atoms. The van der Waals surface area contributed by atoms with Gasteiger partial charge in [0.25, 0.3) is 0 Å². The molecule has 2 atom stereocenters. The van der Waals surface area contributed by atoms with Gasteiger partial charge >= 0.3 is 6.18 Å². The number of nitrogens with zero attached hydrogens (tertiary/aromatic N) is 3. The van der Waals surface area contributed by atoms with Crippen molar-refractivity contribution < 1.29 is 26.4 Å². The molecule has 2 heterocycles. The van der Waals surface area contributed by atoms with Crippen LogP contribution in [0.2, 0.25) is 0 Å². The van der Waals surface area contributed by atoms with Gasteiger partial charge in [-0.05, 0) is 0 Å². The average Bonchev–Trinajstić information content (AvgIpc) is 2.72. The van der Waals surface area contributed by atoms with Crippen LogP contribution in [0.3, 0.4) is 0 Å². The molecule has 0 saturated carbocycles. The van der Waals surface area contributed by atoms with Crippen molar-refractivity contribution in [1.82, 2.24) is 14.7 Å². The zero-order valence-electron chi connectivity index (χ0n) is 13.2. The van der Waals surface area contributed by atoms with E-state index in [4.69, 9.17) is 0 Å². The topological polar surface area (TPSA) is 60.9 Å². The highest BCUT2D eigenvalue weighted by Crippen LogP contribution is 2.29. The van der Waals surface area contributed by atoms with Gasteiger partial charge in [0.05, 0.1) is 24.5 Å². The van der Waals surface area contributed by atoms with Crippen molar-refractivity contribution in [2.24, 2.45) is 0 Å². The van der Waals surface area contributed by atoms with Crippen molar-refractivity contribution in [3.8, 4) is 0 Å². The van der Waals surface area contributed by atoms with Crippen LogP contribution in [-0.2, 0) is 14.6 Å². The fourth-order valence-corrected chi connectivity index (χ4v) is 5.20. The van der Waals surface area contributed by atoms with Crippen LogP contribution in [0.5, 0.6) is 0 Å². The molecule has 10 heteroatoms. The van der Waals surface area contributed by atoms with Crippen LogP contribution in [0.4, 0.5) is 13.2 Å². The van der Waals surface area contributed by atoms with Gasteiger partial charge in [0.15, 0.2) is 9.84 Å². The predicted molar refractivity (Wildman–Crippen MR) is 78.7 cm³/mol. The fraction of sp³-hybridized carbons (Fsp3) is 0.923. The number of amides is 1. The molecule has 0 aliphatic carbocycles. The lowest BCUT2D eigenvalue weighted by Gasteiger charge is -2.43. The van der Waals surface area contributed by atoms with Gasteiger partial charge in [-0.2, -0.15) is 13.2 Å². The van der Waals surface area contributed by atoms with E-state index in [0.29, 0.717) is 13.1 Å². The summed E-state index contributed by atoms with van der Waals surface area (Å²) in [7, 11) is -0.0623. The molecule has 1 amide bonds. The summed E-state index contributed by atoms with van der Waals surface area (Å²) >= 11 is 0. The summed E-state index contributed by atoms with van der Waals surface area (Å²) in [6.07, 6.45) is -5.21. The number of fused-ring (bicyclic) bond motifs is 1. The number of carbonyl (C=O) groups is 1. The smallest absolute Gasteiger partial charge is 0.348 e. The molecule has 6 nitrogen and oxygen atoms in total. The number of sulfone groups is 1. The Hall–Kier alpha value is -0.870. The number of piperazine rings is 1. The monoisotopic (exact) mass is 357 g/mol. The minimum Gasteiger partial charge on any atom is -0.348 e. The molecule has 0 unspecified atom stereocenters. The van der Waals surface area contributed by atoms with Crippen molar-refractivity contribution in [2.75, 3.05) is 51.8 Å². The molecule has 2 rings (SSSR count). The maximum Gasteiger partial charge on any atom is 0.390 e. The van der Waals surface area contributed by atoms with E-state index in [1.165, 1.54) is 4.90 Å². The van der Waals surface area contributed by atoms with Gasteiger partial charge in [-0.3, -0.25) is 14.6 Å². The van der Waals surface area contributed by atoms with E-state index >= 15 is 0 Å². The van der Waals surface area contributed by atoms with Crippen molar-refractivity contribution in [3.05, 3.63) is 0 Å². The Morgan fingerprint density at radius 1 is 1.13 bits per heavy atom. The number of halogens is 3. The second kappa shape index (κ2) is 6.56. The van der Waals surface area contributed by atoms with Gasteiger partial charge in [0, 0.05) is 45.8 Å². The van der Waals surface area contributed by atoms with E-state index in [-0.39, 0.29) is 30.5 Å². The minimum absolute atomic E-state index is 0.0940. The molecule has 0 aromatic heterocycles. The van der Waals surface area contributed by atoms with E-state index in [1.807, 2.05) is 0 Å². The Balaban J connectivity index is 2.09. The molecule has 134 valence electrons. The third kappa shape index (κ3) is 4.80. The normalized spacial score (nSPS) is 28.6. The summed E-state index contributed by atoms with van der Waals surface area (Å²) in [5.74, 6) is -0.375. The summed E-state index contributed by atoms with van der Waals surface area (Å²) in [4.78, 5) is 16.7. The van der Waals surface area contributed by atoms with Crippen LogP contribution in [0.15, 0.2) is 0 Å². The number of likely N-dealkylation sites (N-methyl/N-ethyl adjacent to an activating group) is 1. The van der Waals surface area contributed by atoms with Gasteiger partial charge in [-0.25, -0.2) is 8.42 Å². The summed E-state index contributed by atoms with van der Waals surface area (Å²) in [6, 6.07) is -0.878. The van der Waals surface area contributed by atoms with Gasteiger partial charge in [-0.15, -0.1) is 0 Å². The van der Waals surface area contributed by atoms with Crippen molar-refractivity contribution in [1.29, 1.82) is 0 Å². The zero-order valence-corrected chi connectivity index (χ0v) is 14.0. The summed E-state index contributed by atoms with van der Waals surface area (Å²) in [6.45, 7) is 0.633. The van der Waals surface area contributed by atoms with Crippen LogP contribution in [0.1, 0.15) is 6.42 Å². The first-order valence-electron chi connectivity index (χ1n) is 7.44. The quantitative estimate of drug-likeness (QED) is 0.698. The third-order valence-corrected chi connectivity index (χ3v) is 6.12. The lowest BCUT2D eigenvalue weighted by atomic mass is 10.0. The standard InChI is InChI=1S/C13H22F3N3O3S/c1-17(2)12(20)7-19-6-5-18(4-3-13(14,15)16)10-8-23(21,22)9-11(10)19/h10-11H,3-9H2,1-2H3/t10-,11+/m0/s1. The third-order valence-electron chi connectivity index (χ3n) is 4.43. The van der Waals surface area contributed by atoms with Crippen molar-refractivity contribution >= 4 is 15.7 Å². The minimum atomic E-state index is -4.26. The summed E-state index contributed by atoms with van der Waals surface area (Å²) in [5.41, 5.74) is 0. The maximum atomic E-state index is 12.4. The highest BCUT2D eigenvalue weighted by Gasteiger charge is 2.47. The van der Waals surface area contributed by atoms with Gasteiger partial charge < -0.3 is 4.90 Å². The molecule has 23 heavy (non-hydrogen) atoms. The van der Waals surface area contributed by atoms with Crippen LogP contribution < -0.4 is 0 Å². The molecule has 0 aromatic rings. The number of alkyl halides is 3. The number of hydrogen-bond acceptors (Lipinski definition) is 5.